The van der Waals surface area contributed by atoms with Gasteiger partial charge in [0.2, 0.25) is 0 Å². The van der Waals surface area contributed by atoms with Crippen molar-refractivity contribution in [1.82, 2.24) is 4.90 Å². The van der Waals surface area contributed by atoms with Crippen LogP contribution in [0.5, 0.6) is 5.75 Å². The van der Waals surface area contributed by atoms with E-state index in [0.717, 1.165) is 24.2 Å². The smallest absolute Gasteiger partial charge is 0.330 e. The molecule has 1 aromatic carbocycles. The summed E-state index contributed by atoms with van der Waals surface area (Å²) in [6, 6.07) is 8.03. The van der Waals surface area contributed by atoms with Crippen molar-refractivity contribution in [1.29, 1.82) is 0 Å². The van der Waals surface area contributed by atoms with E-state index >= 15 is 0 Å². The topological polar surface area (TPSA) is 77.5 Å². The van der Waals surface area contributed by atoms with Gasteiger partial charge in [0, 0.05) is 13.5 Å². The number of para-hydroxylation sites is 1. The van der Waals surface area contributed by atoms with Crippen molar-refractivity contribution in [2.75, 3.05) is 40.5 Å². The summed E-state index contributed by atoms with van der Waals surface area (Å²) in [5.41, 5.74) is 1.16. The van der Waals surface area contributed by atoms with Crippen molar-refractivity contribution in [3.05, 3.63) is 29.8 Å². The highest BCUT2D eigenvalue weighted by Gasteiger charge is 2.18. The number of benzene rings is 1. The minimum atomic E-state index is -2.04. The number of aryl methyl sites for hydroxylation is 1. The zero-order valence-corrected chi connectivity index (χ0v) is 26.1. The maximum absolute atomic E-state index is 11.6. The van der Waals surface area contributed by atoms with Crippen LogP contribution < -0.4 is 4.74 Å². The Morgan fingerprint density at radius 3 is 1.97 bits per heavy atom. The van der Waals surface area contributed by atoms with Crippen LogP contribution in [0.1, 0.15) is 109 Å². The van der Waals surface area contributed by atoms with Crippen LogP contribution in [-0.2, 0) is 25.0 Å². The molecular weight excluding hydrogens is 513 g/mol. The van der Waals surface area contributed by atoms with Gasteiger partial charge in [-0.1, -0.05) is 109 Å². The maximum Gasteiger partial charge on any atom is 0.330 e. The Kier molecular flexibility index (Phi) is 22.5. The van der Waals surface area contributed by atoms with Gasteiger partial charge >= 0.3 is 14.6 Å². The van der Waals surface area contributed by atoms with Gasteiger partial charge in [0.25, 0.3) is 0 Å². The van der Waals surface area contributed by atoms with Crippen molar-refractivity contribution in [3.63, 3.8) is 0 Å². The van der Waals surface area contributed by atoms with Gasteiger partial charge in [-0.05, 0) is 38.6 Å². The summed E-state index contributed by atoms with van der Waals surface area (Å²) in [5.74, 6) is 0.386. The first kappa shape index (κ1) is 35.8. The Hall–Kier alpha value is -1.24. The summed E-state index contributed by atoms with van der Waals surface area (Å²) in [5, 5.41) is 0. The van der Waals surface area contributed by atoms with E-state index in [1.165, 1.54) is 90.4 Å². The summed E-state index contributed by atoms with van der Waals surface area (Å²) in [6.07, 6.45) is 19.2. The molecule has 0 amide bonds. The van der Waals surface area contributed by atoms with Gasteiger partial charge in [0.05, 0.1) is 13.2 Å². The third-order valence-electron chi connectivity index (χ3n) is 6.64. The molecule has 0 spiro atoms. The van der Waals surface area contributed by atoms with E-state index in [4.69, 9.17) is 18.5 Å². The van der Waals surface area contributed by atoms with E-state index in [1.54, 1.807) is 0 Å². The number of unbranched alkanes of at least 4 members (excludes halogenated alkanes) is 13. The Morgan fingerprint density at radius 1 is 0.846 bits per heavy atom. The summed E-state index contributed by atoms with van der Waals surface area (Å²) < 4.78 is 22.0. The number of likely N-dealkylation sites (N-methyl/N-ethyl adjacent to an activating group) is 1. The highest BCUT2D eigenvalue weighted by molar-refractivity contribution is 7.40. The standard InChI is InChI=1S/C31H56NO6P/c1-5-6-7-8-9-10-11-12-13-14-15-16-17-18-21-29-22-19-20-23-31(29)35-26-30(38-28(2)33)27-37-39(34)36-25-24-32(3)4/h19-20,22-23,30,34H,5-18,21,24-27H2,1-4H3. The first-order valence-corrected chi connectivity index (χ1v) is 16.3. The Balaban J connectivity index is 2.25. The van der Waals surface area contributed by atoms with Gasteiger partial charge in [-0.2, -0.15) is 0 Å². The first-order chi connectivity index (χ1) is 18.9. The summed E-state index contributed by atoms with van der Waals surface area (Å²) >= 11 is 0. The molecule has 0 saturated carbocycles. The number of nitrogens with zero attached hydrogens (tertiary/aromatic N) is 1. The minimum Gasteiger partial charge on any atom is -0.489 e. The molecule has 0 fully saturated rings. The fourth-order valence-electron chi connectivity index (χ4n) is 4.38. The highest BCUT2D eigenvalue weighted by atomic mass is 31.2. The summed E-state index contributed by atoms with van der Waals surface area (Å²) in [7, 11) is 1.82. The van der Waals surface area contributed by atoms with Crippen LogP contribution in [-0.4, -0.2) is 62.3 Å². The van der Waals surface area contributed by atoms with Gasteiger partial charge in [0.1, 0.15) is 12.4 Å². The van der Waals surface area contributed by atoms with E-state index in [2.05, 4.69) is 13.0 Å². The lowest BCUT2D eigenvalue weighted by molar-refractivity contribution is -0.149. The SMILES string of the molecule is CCCCCCCCCCCCCCCCc1ccccc1OCC(COP(O)OCCN(C)C)OC(C)=O. The molecule has 2 unspecified atom stereocenters. The molecular formula is C31H56NO6P. The van der Waals surface area contributed by atoms with Crippen LogP contribution in [0.25, 0.3) is 0 Å². The lowest BCUT2D eigenvalue weighted by Crippen LogP contribution is -2.28. The largest absolute Gasteiger partial charge is 0.489 e. The molecule has 8 heteroatoms. The third-order valence-corrected chi connectivity index (χ3v) is 7.41. The van der Waals surface area contributed by atoms with Crippen LogP contribution in [0.2, 0.25) is 0 Å². The lowest BCUT2D eigenvalue weighted by atomic mass is 10.0. The fraction of sp³-hybridized carbons (Fsp3) is 0.774. The van der Waals surface area contributed by atoms with Gasteiger partial charge in [-0.15, -0.1) is 0 Å². The highest BCUT2D eigenvalue weighted by Crippen LogP contribution is 2.33. The van der Waals surface area contributed by atoms with E-state index in [1.807, 2.05) is 37.2 Å². The number of ether oxygens (including phenoxy) is 2. The quantitative estimate of drug-likeness (QED) is 0.0692. The number of esters is 1. The van der Waals surface area contributed by atoms with Crippen molar-refractivity contribution in [3.8, 4) is 5.75 Å². The normalized spacial score (nSPS) is 13.0. The molecule has 0 aliphatic heterocycles. The lowest BCUT2D eigenvalue weighted by Gasteiger charge is -2.20. The number of hydrogen-bond donors (Lipinski definition) is 1. The third kappa shape index (κ3) is 21.2. The number of rotatable bonds is 26. The molecule has 0 bridgehead atoms. The average Bonchev–Trinajstić information content (AvgIpc) is 2.90. The van der Waals surface area contributed by atoms with Gasteiger partial charge in [-0.25, -0.2) is 0 Å². The van der Waals surface area contributed by atoms with E-state index in [9.17, 15) is 9.69 Å². The molecule has 1 N–H and O–H groups in total. The van der Waals surface area contributed by atoms with Crippen LogP contribution in [0.4, 0.5) is 0 Å². The predicted octanol–water partition coefficient (Wildman–Crippen LogP) is 7.83. The summed E-state index contributed by atoms with van der Waals surface area (Å²) in [6.45, 7) is 4.81. The van der Waals surface area contributed by atoms with Crippen LogP contribution in [0.15, 0.2) is 24.3 Å². The fourth-order valence-corrected chi connectivity index (χ4v) is 4.99. The van der Waals surface area contributed by atoms with E-state index in [0.29, 0.717) is 13.2 Å². The second-order valence-electron chi connectivity index (χ2n) is 10.7. The Labute approximate surface area is 239 Å². The Morgan fingerprint density at radius 2 is 1.41 bits per heavy atom. The minimum absolute atomic E-state index is 0.00483. The second kappa shape index (κ2) is 24.5. The first-order valence-electron chi connectivity index (χ1n) is 15.2. The molecule has 39 heavy (non-hydrogen) atoms. The zero-order chi connectivity index (χ0) is 28.6. The second-order valence-corrected chi connectivity index (χ2v) is 11.7. The van der Waals surface area contributed by atoms with Crippen LogP contribution in [0, 0.1) is 0 Å². The molecule has 7 nitrogen and oxygen atoms in total. The van der Waals surface area contributed by atoms with Crippen molar-refractivity contribution in [2.24, 2.45) is 0 Å². The number of hydrogen-bond acceptors (Lipinski definition) is 7. The molecule has 226 valence electrons. The molecule has 0 radical (unpaired) electrons. The number of carbonyl (C=O) groups excluding carboxylic acids is 1. The van der Waals surface area contributed by atoms with Gasteiger partial charge in [-0.3, -0.25) is 4.79 Å². The molecule has 1 aromatic rings. The molecule has 0 heterocycles. The number of carbonyl (C=O) groups is 1. The van der Waals surface area contributed by atoms with Crippen molar-refractivity contribution >= 4 is 14.6 Å². The van der Waals surface area contributed by atoms with Crippen molar-refractivity contribution in [2.45, 2.75) is 116 Å². The van der Waals surface area contributed by atoms with Crippen molar-refractivity contribution < 1.29 is 28.2 Å². The van der Waals surface area contributed by atoms with Crippen LogP contribution >= 0.6 is 8.60 Å². The monoisotopic (exact) mass is 569 g/mol. The van der Waals surface area contributed by atoms with E-state index < -0.39 is 20.7 Å². The van der Waals surface area contributed by atoms with E-state index in [-0.39, 0.29) is 13.2 Å². The maximum atomic E-state index is 11.6. The van der Waals surface area contributed by atoms with Gasteiger partial charge < -0.3 is 28.3 Å². The molecule has 0 aromatic heterocycles. The molecule has 0 saturated heterocycles. The molecule has 2 atom stereocenters. The predicted molar refractivity (Wildman–Crippen MR) is 161 cm³/mol. The molecule has 0 aliphatic carbocycles. The summed E-state index contributed by atoms with van der Waals surface area (Å²) in [4.78, 5) is 23.5. The Bertz CT molecular complexity index is 720. The average molecular weight is 570 g/mol. The van der Waals surface area contributed by atoms with Gasteiger partial charge in [0.15, 0.2) is 6.10 Å². The zero-order valence-electron chi connectivity index (χ0n) is 25.2. The molecule has 1 rings (SSSR count). The van der Waals surface area contributed by atoms with Crippen LogP contribution in [0.3, 0.4) is 0 Å². The molecule has 0 aliphatic rings.